The molecule has 1 fully saturated rings. The summed E-state index contributed by atoms with van der Waals surface area (Å²) in [7, 11) is -4.13. The summed E-state index contributed by atoms with van der Waals surface area (Å²) in [5.41, 5.74) is -2.21. The fourth-order valence-corrected chi connectivity index (χ4v) is 3.51. The molecule has 1 aliphatic heterocycles. The van der Waals surface area contributed by atoms with Crippen molar-refractivity contribution in [3.63, 3.8) is 0 Å². The van der Waals surface area contributed by atoms with Gasteiger partial charge in [0.15, 0.2) is 12.3 Å². The van der Waals surface area contributed by atoms with E-state index in [1.54, 1.807) is 0 Å². The molecule has 1 saturated heterocycles. The second-order valence-corrected chi connectivity index (χ2v) is 8.23. The van der Waals surface area contributed by atoms with E-state index in [0.29, 0.717) is 6.08 Å². The van der Waals surface area contributed by atoms with Crippen molar-refractivity contribution in [1.29, 1.82) is 0 Å². The third kappa shape index (κ3) is 6.60. The molecule has 0 spiro atoms. The van der Waals surface area contributed by atoms with E-state index in [0.717, 1.165) is 36.9 Å². The molecule has 0 amide bonds. The number of esters is 2. The Morgan fingerprint density at radius 2 is 1.88 bits per heavy atom. The minimum Gasteiger partial charge on any atom is -0.478 e. The van der Waals surface area contributed by atoms with Crippen LogP contribution in [0.4, 0.5) is 0 Å². The van der Waals surface area contributed by atoms with Gasteiger partial charge in [0.25, 0.3) is 15.7 Å². The highest BCUT2D eigenvalue weighted by Crippen LogP contribution is 2.34. The summed E-state index contributed by atoms with van der Waals surface area (Å²) >= 11 is 0. The summed E-state index contributed by atoms with van der Waals surface area (Å²) in [4.78, 5) is 59.9. The number of rotatable bonds is 8. The van der Waals surface area contributed by atoms with E-state index in [4.69, 9.17) is 23.5 Å². The first-order chi connectivity index (χ1) is 14.8. The fraction of sp³-hybridized carbons (Fsp3) is 0.471. The number of H-pyrrole nitrogens is 1. The molecule has 2 rings (SSSR count). The number of carboxylic acid groups (broad SMARTS) is 1. The Balaban J connectivity index is 2.58. The van der Waals surface area contributed by atoms with Crippen LogP contribution in [0.15, 0.2) is 21.9 Å². The highest BCUT2D eigenvalue weighted by molar-refractivity contribution is 7.86. The van der Waals surface area contributed by atoms with E-state index >= 15 is 0 Å². The largest absolute Gasteiger partial charge is 0.478 e. The van der Waals surface area contributed by atoms with Crippen molar-refractivity contribution in [2.45, 2.75) is 38.4 Å². The molecule has 1 aromatic heterocycles. The van der Waals surface area contributed by atoms with Crippen molar-refractivity contribution < 1.29 is 46.3 Å². The maximum Gasteiger partial charge on any atom is 0.330 e. The lowest BCUT2D eigenvalue weighted by Crippen LogP contribution is -2.42. The van der Waals surface area contributed by atoms with Crippen LogP contribution in [0.3, 0.4) is 0 Å². The summed E-state index contributed by atoms with van der Waals surface area (Å²) in [6.07, 6.45) is -2.63. The molecular weight excluding hydrogens is 456 g/mol. The Bertz CT molecular complexity index is 1150. The topological polar surface area (TPSA) is 197 Å². The normalized spacial score (nSPS) is 23.2. The van der Waals surface area contributed by atoms with E-state index < -0.39 is 70.4 Å². The number of ether oxygens (including phenoxy) is 3. The number of aromatic nitrogens is 2. The molecule has 0 radical (unpaired) electrons. The summed E-state index contributed by atoms with van der Waals surface area (Å²) in [6, 6.07) is 0. The van der Waals surface area contributed by atoms with Crippen molar-refractivity contribution in [1.82, 2.24) is 9.55 Å². The molecule has 2 heterocycles. The number of hydrogen-bond acceptors (Lipinski definition) is 11. The molecule has 0 unspecified atom stereocenters. The zero-order chi connectivity index (χ0) is 24.2. The van der Waals surface area contributed by atoms with Crippen LogP contribution in [0.1, 0.15) is 25.6 Å². The molecule has 0 aliphatic carbocycles. The maximum absolute atomic E-state index is 12.4. The van der Waals surface area contributed by atoms with E-state index in [1.807, 2.05) is 4.98 Å². The Kier molecular flexibility index (Phi) is 7.71. The van der Waals surface area contributed by atoms with Gasteiger partial charge in [-0.15, -0.1) is 0 Å². The SMILES string of the molecule is CC(=O)OC[C@H]1O[C@@H](n2cc(C=CC(=O)O)c(=O)[nH]c2=O)[C@H](OC(C)=O)[C@H]1OS(C)(=O)=O. The molecule has 1 aromatic rings. The van der Waals surface area contributed by atoms with Crippen molar-refractivity contribution in [2.75, 3.05) is 12.9 Å². The predicted octanol–water partition coefficient (Wildman–Crippen LogP) is -1.63. The first-order valence-corrected chi connectivity index (χ1v) is 10.7. The molecular formula is C17H20N2O12S. The van der Waals surface area contributed by atoms with Gasteiger partial charge in [-0.05, 0) is 6.08 Å². The third-order valence-electron chi connectivity index (χ3n) is 4.00. The van der Waals surface area contributed by atoms with Crippen LogP contribution < -0.4 is 11.2 Å². The van der Waals surface area contributed by atoms with E-state index in [2.05, 4.69) is 0 Å². The zero-order valence-electron chi connectivity index (χ0n) is 17.0. The smallest absolute Gasteiger partial charge is 0.330 e. The number of carbonyl (C=O) groups is 3. The maximum atomic E-state index is 12.4. The third-order valence-corrected chi connectivity index (χ3v) is 4.57. The van der Waals surface area contributed by atoms with Gasteiger partial charge in [-0.3, -0.25) is 28.1 Å². The van der Waals surface area contributed by atoms with Gasteiger partial charge in [0.05, 0.1) is 11.8 Å². The van der Waals surface area contributed by atoms with Gasteiger partial charge in [-0.2, -0.15) is 8.42 Å². The summed E-state index contributed by atoms with van der Waals surface area (Å²) < 4.78 is 44.9. The minimum absolute atomic E-state index is 0.263. The monoisotopic (exact) mass is 476 g/mol. The Morgan fingerprint density at radius 3 is 2.41 bits per heavy atom. The first-order valence-electron chi connectivity index (χ1n) is 8.89. The molecule has 0 saturated carbocycles. The Morgan fingerprint density at radius 1 is 1.22 bits per heavy atom. The van der Waals surface area contributed by atoms with Gasteiger partial charge in [0, 0.05) is 26.1 Å². The second kappa shape index (κ2) is 9.88. The van der Waals surface area contributed by atoms with Crippen LogP contribution in [0, 0.1) is 0 Å². The number of hydrogen-bond donors (Lipinski definition) is 2. The average Bonchev–Trinajstić information content (AvgIpc) is 2.94. The molecule has 4 atom stereocenters. The first kappa shape index (κ1) is 25.0. The van der Waals surface area contributed by atoms with Gasteiger partial charge in [-0.25, -0.2) is 9.59 Å². The molecule has 2 N–H and O–H groups in total. The Labute approximate surface area is 180 Å². The predicted molar refractivity (Wildman–Crippen MR) is 104 cm³/mol. The van der Waals surface area contributed by atoms with Gasteiger partial charge < -0.3 is 19.3 Å². The highest BCUT2D eigenvalue weighted by atomic mass is 32.2. The molecule has 1 aliphatic rings. The Hall–Kier alpha value is -3.30. The van der Waals surface area contributed by atoms with E-state index in [9.17, 15) is 32.4 Å². The average molecular weight is 476 g/mol. The second-order valence-electron chi connectivity index (χ2n) is 6.63. The lowest BCUT2D eigenvalue weighted by Gasteiger charge is -2.23. The van der Waals surface area contributed by atoms with Crippen LogP contribution >= 0.6 is 0 Å². The number of carbonyl (C=O) groups excluding carboxylic acids is 2. The van der Waals surface area contributed by atoms with Crippen LogP contribution in [-0.2, 0) is 42.9 Å². The lowest BCUT2D eigenvalue weighted by molar-refractivity contribution is -0.155. The highest BCUT2D eigenvalue weighted by Gasteiger charge is 2.51. The number of nitrogens with one attached hydrogen (secondary N) is 1. The van der Waals surface area contributed by atoms with Gasteiger partial charge in [-0.1, -0.05) is 0 Å². The molecule has 176 valence electrons. The van der Waals surface area contributed by atoms with Gasteiger partial charge in [0.1, 0.15) is 18.8 Å². The zero-order valence-corrected chi connectivity index (χ0v) is 17.9. The van der Waals surface area contributed by atoms with Crippen molar-refractivity contribution in [3.8, 4) is 0 Å². The van der Waals surface area contributed by atoms with Crippen molar-refractivity contribution in [2.24, 2.45) is 0 Å². The fourth-order valence-electron chi connectivity index (χ4n) is 2.87. The minimum atomic E-state index is -4.13. The van der Waals surface area contributed by atoms with Crippen LogP contribution in [-0.4, -0.2) is 72.2 Å². The van der Waals surface area contributed by atoms with Crippen LogP contribution in [0.2, 0.25) is 0 Å². The summed E-state index contributed by atoms with van der Waals surface area (Å²) in [6.45, 7) is 1.61. The summed E-state index contributed by atoms with van der Waals surface area (Å²) in [5, 5.41) is 8.76. The van der Waals surface area contributed by atoms with Crippen LogP contribution in [0.5, 0.6) is 0 Å². The number of aromatic amines is 1. The number of nitrogens with zero attached hydrogens (tertiary/aromatic N) is 1. The number of aliphatic carboxylic acids is 1. The van der Waals surface area contributed by atoms with Crippen molar-refractivity contribution >= 4 is 34.1 Å². The number of carboxylic acids is 1. The lowest BCUT2D eigenvalue weighted by atomic mass is 10.1. The summed E-state index contributed by atoms with van der Waals surface area (Å²) in [5.74, 6) is -2.95. The molecule has 14 nitrogen and oxygen atoms in total. The van der Waals surface area contributed by atoms with E-state index in [1.165, 1.54) is 0 Å². The molecule has 32 heavy (non-hydrogen) atoms. The molecule has 15 heteroatoms. The van der Waals surface area contributed by atoms with Crippen molar-refractivity contribution in [3.05, 3.63) is 38.7 Å². The molecule has 0 bridgehead atoms. The van der Waals surface area contributed by atoms with Crippen LogP contribution in [0.25, 0.3) is 6.08 Å². The van der Waals surface area contributed by atoms with E-state index in [-0.39, 0.29) is 5.56 Å². The van der Waals surface area contributed by atoms with Gasteiger partial charge >= 0.3 is 23.6 Å². The molecule has 0 aromatic carbocycles. The van der Waals surface area contributed by atoms with Gasteiger partial charge in [0.2, 0.25) is 0 Å². The standard InChI is InChI=1S/C17H20N2O12S/c1-8(20)28-7-11-13(31-32(3,26)27)14(29-9(2)21)16(30-11)19-6-10(4-5-12(22)23)15(24)18-17(19)25/h4-6,11,13-14,16H,7H2,1-3H3,(H,22,23)(H,18,24,25)/t11-,13+,14-,16-/m1/s1. The quantitative estimate of drug-likeness (QED) is 0.247.